The molecular formula is C12H18N2O6S. The molecular weight excluding hydrogens is 300 g/mol. The number of rotatable bonds is 6. The molecule has 0 atom stereocenters. The highest BCUT2D eigenvalue weighted by Gasteiger charge is 2.29. The van der Waals surface area contributed by atoms with Crippen LogP contribution in [0.2, 0.25) is 0 Å². The summed E-state index contributed by atoms with van der Waals surface area (Å²) in [6.45, 7) is 2.83. The van der Waals surface area contributed by atoms with Crippen molar-refractivity contribution in [1.82, 2.24) is 4.31 Å². The van der Waals surface area contributed by atoms with Gasteiger partial charge in [-0.2, -0.15) is 4.31 Å². The third-order valence-electron chi connectivity index (χ3n) is 2.66. The van der Waals surface area contributed by atoms with Gasteiger partial charge in [-0.1, -0.05) is 0 Å². The van der Waals surface area contributed by atoms with Crippen LogP contribution >= 0.6 is 0 Å². The molecule has 21 heavy (non-hydrogen) atoms. The van der Waals surface area contributed by atoms with Crippen LogP contribution in [0.5, 0.6) is 5.75 Å². The Balaban J connectivity index is 3.28. The van der Waals surface area contributed by atoms with Crippen LogP contribution in [0.1, 0.15) is 13.8 Å². The summed E-state index contributed by atoms with van der Waals surface area (Å²) in [4.78, 5) is 9.88. The maximum atomic E-state index is 12.4. The zero-order valence-corrected chi connectivity index (χ0v) is 13.0. The minimum Gasteiger partial charge on any atom is -0.495 e. The maximum Gasteiger partial charge on any atom is 0.273 e. The van der Waals surface area contributed by atoms with E-state index in [1.54, 1.807) is 0 Å². The van der Waals surface area contributed by atoms with Crippen LogP contribution in [-0.2, 0) is 10.0 Å². The van der Waals surface area contributed by atoms with E-state index in [4.69, 9.17) is 4.74 Å². The number of sulfonamides is 1. The summed E-state index contributed by atoms with van der Waals surface area (Å²) in [5, 5.41) is 20.4. The van der Waals surface area contributed by atoms with E-state index in [1.165, 1.54) is 28.0 Å². The number of nitro groups is 1. The number of hydrogen-bond donors (Lipinski definition) is 1. The Hall–Kier alpha value is -1.71. The number of likely N-dealkylation sites (N-methyl/N-ethyl adjacent to an activating group) is 1. The molecule has 0 aliphatic carbocycles. The van der Waals surface area contributed by atoms with E-state index >= 15 is 0 Å². The highest BCUT2D eigenvalue weighted by Crippen LogP contribution is 2.30. The van der Waals surface area contributed by atoms with Gasteiger partial charge in [-0.15, -0.1) is 0 Å². The SMILES string of the molecule is COc1cc([N+](=O)[O-])ccc1S(=O)(=O)N(C)CC(C)(C)O. The maximum absolute atomic E-state index is 12.4. The first-order valence-corrected chi connectivity index (χ1v) is 7.44. The van der Waals surface area contributed by atoms with Gasteiger partial charge in [0, 0.05) is 19.7 Å². The van der Waals surface area contributed by atoms with Crippen LogP contribution in [0.15, 0.2) is 23.1 Å². The summed E-state index contributed by atoms with van der Waals surface area (Å²) >= 11 is 0. The van der Waals surface area contributed by atoms with Crippen molar-refractivity contribution in [3.8, 4) is 5.75 Å². The van der Waals surface area contributed by atoms with Gasteiger partial charge in [0.15, 0.2) is 0 Å². The van der Waals surface area contributed by atoms with E-state index in [9.17, 15) is 23.6 Å². The number of non-ortho nitro benzene ring substituents is 1. The minimum atomic E-state index is -3.93. The number of ether oxygens (including phenoxy) is 1. The number of aliphatic hydroxyl groups is 1. The molecule has 0 bridgehead atoms. The van der Waals surface area contributed by atoms with Gasteiger partial charge >= 0.3 is 0 Å². The Morgan fingerprint density at radius 3 is 2.43 bits per heavy atom. The van der Waals surface area contributed by atoms with Gasteiger partial charge in [-0.25, -0.2) is 8.42 Å². The Labute approximate surface area is 123 Å². The zero-order valence-electron chi connectivity index (χ0n) is 12.2. The van der Waals surface area contributed by atoms with Crippen LogP contribution in [0.25, 0.3) is 0 Å². The predicted molar refractivity (Wildman–Crippen MR) is 75.8 cm³/mol. The average Bonchev–Trinajstić information content (AvgIpc) is 2.35. The number of nitro benzene ring substituents is 1. The third kappa shape index (κ3) is 4.13. The van der Waals surface area contributed by atoms with E-state index in [0.717, 1.165) is 22.5 Å². The Kier molecular flexibility index (Phi) is 4.92. The molecule has 0 saturated carbocycles. The fourth-order valence-electron chi connectivity index (χ4n) is 1.78. The van der Waals surface area contributed by atoms with Crippen molar-refractivity contribution in [2.75, 3.05) is 20.7 Å². The molecule has 1 aromatic rings. The van der Waals surface area contributed by atoms with E-state index in [-0.39, 0.29) is 22.9 Å². The monoisotopic (exact) mass is 318 g/mol. The Morgan fingerprint density at radius 1 is 1.43 bits per heavy atom. The zero-order chi connectivity index (χ0) is 16.4. The lowest BCUT2D eigenvalue weighted by Crippen LogP contribution is -2.39. The van der Waals surface area contributed by atoms with Crippen molar-refractivity contribution in [3.05, 3.63) is 28.3 Å². The largest absolute Gasteiger partial charge is 0.495 e. The smallest absolute Gasteiger partial charge is 0.273 e. The normalized spacial score (nSPS) is 12.5. The van der Waals surface area contributed by atoms with Crippen molar-refractivity contribution in [2.45, 2.75) is 24.3 Å². The van der Waals surface area contributed by atoms with Crippen molar-refractivity contribution in [2.24, 2.45) is 0 Å². The van der Waals surface area contributed by atoms with Crippen LogP contribution < -0.4 is 4.74 Å². The summed E-state index contributed by atoms with van der Waals surface area (Å²) in [5.41, 5.74) is -1.48. The molecule has 0 aliphatic heterocycles. The van der Waals surface area contributed by atoms with Crippen molar-refractivity contribution < 1.29 is 23.2 Å². The molecule has 8 nitrogen and oxygen atoms in total. The molecule has 1 aromatic carbocycles. The van der Waals surface area contributed by atoms with Gasteiger partial charge < -0.3 is 9.84 Å². The Morgan fingerprint density at radius 2 is 2.00 bits per heavy atom. The first-order valence-electron chi connectivity index (χ1n) is 6.00. The first kappa shape index (κ1) is 17.3. The van der Waals surface area contributed by atoms with Gasteiger partial charge in [0.05, 0.1) is 23.7 Å². The molecule has 0 spiro atoms. The van der Waals surface area contributed by atoms with Crippen LogP contribution in [0, 0.1) is 10.1 Å². The number of nitrogens with zero attached hydrogens (tertiary/aromatic N) is 2. The highest BCUT2D eigenvalue weighted by molar-refractivity contribution is 7.89. The minimum absolute atomic E-state index is 0.119. The van der Waals surface area contributed by atoms with Gasteiger partial charge in [0.1, 0.15) is 10.6 Å². The fourth-order valence-corrected chi connectivity index (χ4v) is 3.24. The summed E-state index contributed by atoms with van der Waals surface area (Å²) in [5.74, 6) is -0.119. The molecule has 0 aliphatic rings. The van der Waals surface area contributed by atoms with Crippen LogP contribution in [0.4, 0.5) is 5.69 Å². The molecule has 0 amide bonds. The quantitative estimate of drug-likeness (QED) is 0.619. The summed E-state index contributed by atoms with van der Waals surface area (Å²) in [6.07, 6.45) is 0. The second-order valence-electron chi connectivity index (χ2n) is 5.17. The summed E-state index contributed by atoms with van der Waals surface area (Å²) in [6, 6.07) is 3.26. The average molecular weight is 318 g/mol. The van der Waals surface area contributed by atoms with Gasteiger partial charge in [-0.3, -0.25) is 10.1 Å². The van der Waals surface area contributed by atoms with E-state index in [0.29, 0.717) is 0 Å². The number of benzene rings is 1. The lowest BCUT2D eigenvalue weighted by molar-refractivity contribution is -0.385. The van der Waals surface area contributed by atoms with Crippen LogP contribution in [-0.4, -0.2) is 49.1 Å². The first-order chi connectivity index (χ1) is 9.49. The predicted octanol–water partition coefficient (Wildman–Crippen LogP) is 0.995. The molecule has 1 rings (SSSR count). The third-order valence-corrected chi connectivity index (χ3v) is 4.50. The lowest BCUT2D eigenvalue weighted by atomic mass is 10.1. The topological polar surface area (TPSA) is 110 Å². The molecule has 0 aromatic heterocycles. The second kappa shape index (κ2) is 5.96. The fraction of sp³-hybridized carbons (Fsp3) is 0.500. The van der Waals surface area contributed by atoms with Crippen LogP contribution in [0.3, 0.4) is 0 Å². The summed E-state index contributed by atoms with van der Waals surface area (Å²) < 4.78 is 30.8. The standard InChI is InChI=1S/C12H18N2O6S/c1-12(2,15)8-13(3)21(18,19)11-6-5-9(14(16)17)7-10(11)20-4/h5-7,15H,8H2,1-4H3. The molecule has 0 saturated heterocycles. The molecule has 1 N–H and O–H groups in total. The second-order valence-corrected chi connectivity index (χ2v) is 7.18. The molecule has 9 heteroatoms. The van der Waals surface area contributed by atoms with Crippen molar-refractivity contribution >= 4 is 15.7 Å². The van der Waals surface area contributed by atoms with E-state index in [2.05, 4.69) is 0 Å². The van der Waals surface area contributed by atoms with Gasteiger partial charge in [0.2, 0.25) is 10.0 Å². The molecule has 0 fully saturated rings. The highest BCUT2D eigenvalue weighted by atomic mass is 32.2. The molecule has 0 radical (unpaired) electrons. The molecule has 118 valence electrons. The number of methoxy groups -OCH3 is 1. The summed E-state index contributed by atoms with van der Waals surface area (Å²) in [7, 11) is -1.39. The van der Waals surface area contributed by atoms with Gasteiger partial charge in [0.25, 0.3) is 5.69 Å². The van der Waals surface area contributed by atoms with Crippen molar-refractivity contribution in [1.29, 1.82) is 0 Å². The molecule has 0 unspecified atom stereocenters. The van der Waals surface area contributed by atoms with E-state index < -0.39 is 20.5 Å². The molecule has 0 heterocycles. The van der Waals surface area contributed by atoms with E-state index in [1.807, 2.05) is 0 Å². The van der Waals surface area contributed by atoms with Gasteiger partial charge in [-0.05, 0) is 19.9 Å². The number of hydrogen-bond acceptors (Lipinski definition) is 6. The lowest BCUT2D eigenvalue weighted by Gasteiger charge is -2.25. The van der Waals surface area contributed by atoms with Crippen molar-refractivity contribution in [3.63, 3.8) is 0 Å². The Bertz CT molecular complexity index is 636.